The van der Waals surface area contributed by atoms with E-state index in [9.17, 15) is 0 Å². The van der Waals surface area contributed by atoms with E-state index in [4.69, 9.17) is 59.8 Å². The Bertz CT molecular complexity index is 4670. The summed E-state index contributed by atoms with van der Waals surface area (Å²) < 4.78 is 0. The van der Waals surface area contributed by atoms with E-state index in [1.807, 2.05) is 255 Å². The lowest BCUT2D eigenvalue weighted by molar-refractivity contribution is 0.574. The Hall–Kier alpha value is -12.4. The number of hydrogen-bond acceptors (Lipinski definition) is 14. The van der Waals surface area contributed by atoms with E-state index in [2.05, 4.69) is 34.2 Å². The van der Waals surface area contributed by atoms with Crippen LogP contribution in [-0.2, 0) is 0 Å². The van der Waals surface area contributed by atoms with Gasteiger partial charge in [-0.25, -0.2) is 49.8 Å². The zero-order valence-corrected chi connectivity index (χ0v) is 48.1. The molecule has 12 aromatic heterocycles. The molecule has 1 aliphatic heterocycles. The summed E-state index contributed by atoms with van der Waals surface area (Å²) in [5, 5.41) is 0. The molecule has 2 unspecified atom stereocenters. The summed E-state index contributed by atoms with van der Waals surface area (Å²) in [6.45, 7) is 0. The predicted octanol–water partition coefficient (Wildman–Crippen LogP) is 15.9. The van der Waals surface area contributed by atoms with Crippen molar-refractivity contribution in [3.63, 3.8) is 0 Å². The van der Waals surface area contributed by atoms with Crippen LogP contribution >= 0.6 is 0 Å². The molecular weight excluding hydrogens is 1110 g/mol. The van der Waals surface area contributed by atoms with Crippen molar-refractivity contribution >= 4 is 11.4 Å². The van der Waals surface area contributed by atoms with Gasteiger partial charge in [0.15, 0.2) is 0 Å². The van der Waals surface area contributed by atoms with Crippen molar-refractivity contribution < 1.29 is 0 Å². The second-order valence-electron chi connectivity index (χ2n) is 21.2. The molecular formula is C76H50N14. The molecule has 0 saturated carbocycles. The predicted molar refractivity (Wildman–Crippen MR) is 352 cm³/mol. The van der Waals surface area contributed by atoms with Crippen LogP contribution in [0.1, 0.15) is 34.6 Å². The van der Waals surface area contributed by atoms with Crippen molar-refractivity contribution in [1.82, 2.24) is 59.8 Å². The second kappa shape index (κ2) is 24.5. The molecule has 2 atom stereocenters. The van der Waals surface area contributed by atoms with Crippen LogP contribution in [0.25, 0.3) is 114 Å². The normalized spacial score (nSPS) is 13.7. The van der Waals surface area contributed by atoms with Gasteiger partial charge >= 0.3 is 0 Å². The number of hydrogen-bond donors (Lipinski definition) is 0. The van der Waals surface area contributed by atoms with Crippen LogP contribution in [0, 0.1) is 0 Å². The molecule has 0 fully saturated rings. The van der Waals surface area contributed by atoms with Crippen LogP contribution in [0.5, 0.6) is 0 Å². The van der Waals surface area contributed by atoms with Crippen LogP contribution < -0.4 is 0 Å². The largest absolute Gasteiger partial charge is 0.270 e. The smallest absolute Gasteiger partial charge is 0.111 e. The van der Waals surface area contributed by atoms with Crippen molar-refractivity contribution in [2.24, 2.45) is 9.98 Å². The Kier molecular flexibility index (Phi) is 14.8. The van der Waals surface area contributed by atoms with Crippen molar-refractivity contribution in [2.75, 3.05) is 0 Å². The van der Waals surface area contributed by atoms with Crippen LogP contribution in [0.2, 0.25) is 0 Å². The minimum atomic E-state index is -0.386. The molecule has 14 nitrogen and oxygen atoms in total. The van der Waals surface area contributed by atoms with Gasteiger partial charge in [0.1, 0.15) is 23.5 Å². The number of nitrogens with zero attached hydrogens (tertiary/aromatic N) is 14. The first kappa shape index (κ1) is 54.2. The summed E-state index contributed by atoms with van der Waals surface area (Å²) in [6.07, 6.45) is 3.53. The molecule has 0 bridgehead atoms. The molecule has 0 aliphatic carbocycles. The second-order valence-corrected chi connectivity index (χ2v) is 21.2. The molecule has 90 heavy (non-hydrogen) atoms. The third kappa shape index (κ3) is 11.5. The Balaban J connectivity index is 0.749. The Morgan fingerprint density at radius 1 is 0.156 bits per heavy atom. The topological polar surface area (TPSA) is 179 Å². The molecule has 14 heteroatoms. The Morgan fingerprint density at radius 2 is 0.333 bits per heavy atom. The van der Waals surface area contributed by atoms with Crippen molar-refractivity contribution in [3.8, 4) is 114 Å². The third-order valence-electron chi connectivity index (χ3n) is 15.3. The molecule has 0 spiro atoms. The summed E-state index contributed by atoms with van der Waals surface area (Å²) >= 11 is 0. The van der Waals surface area contributed by atoms with E-state index in [1.165, 1.54) is 0 Å². The molecule has 13 heterocycles. The maximum atomic E-state index is 5.65. The van der Waals surface area contributed by atoms with Gasteiger partial charge in [0.25, 0.3) is 0 Å². The van der Waals surface area contributed by atoms with E-state index < -0.39 is 0 Å². The first-order valence-corrected chi connectivity index (χ1v) is 29.4. The maximum Gasteiger partial charge on any atom is 0.111 e. The zero-order valence-electron chi connectivity index (χ0n) is 48.1. The molecule has 2 aromatic carbocycles. The van der Waals surface area contributed by atoms with Crippen LogP contribution in [0.3, 0.4) is 0 Å². The minimum Gasteiger partial charge on any atom is -0.270 e. The summed E-state index contributed by atoms with van der Waals surface area (Å²) in [7, 11) is 0. The van der Waals surface area contributed by atoms with Crippen molar-refractivity contribution in [3.05, 3.63) is 314 Å². The number of rotatable bonds is 14. The van der Waals surface area contributed by atoms with Gasteiger partial charge in [-0.1, -0.05) is 133 Å². The monoisotopic (exact) mass is 1160 g/mol. The minimum absolute atomic E-state index is 0.386. The fourth-order valence-corrected chi connectivity index (χ4v) is 10.9. The summed E-state index contributed by atoms with van der Waals surface area (Å²) in [6, 6.07) is 90.4. The Morgan fingerprint density at radius 3 is 0.544 bits per heavy atom. The number of aliphatic imine (C=N–C) groups is 2. The molecule has 0 amide bonds. The van der Waals surface area contributed by atoms with Gasteiger partial charge in [0.05, 0.1) is 125 Å². The highest BCUT2D eigenvalue weighted by Gasteiger charge is 2.33. The molecule has 0 N–H and O–H groups in total. The van der Waals surface area contributed by atoms with E-state index >= 15 is 0 Å². The van der Waals surface area contributed by atoms with E-state index in [0.29, 0.717) is 91.1 Å². The fourth-order valence-electron chi connectivity index (χ4n) is 10.9. The zero-order chi connectivity index (χ0) is 60.0. The van der Waals surface area contributed by atoms with Crippen molar-refractivity contribution in [1.29, 1.82) is 0 Å². The highest BCUT2D eigenvalue weighted by atomic mass is 15.0. The third-order valence-corrected chi connectivity index (χ3v) is 15.3. The lowest BCUT2D eigenvalue weighted by Gasteiger charge is -2.29. The summed E-state index contributed by atoms with van der Waals surface area (Å²) in [5.74, 6) is 0. The summed E-state index contributed by atoms with van der Waals surface area (Å²) in [4.78, 5) is 71.4. The fraction of sp³-hybridized carbons (Fsp3) is 0.0263. The first-order valence-electron chi connectivity index (χ1n) is 29.4. The molecule has 15 rings (SSSR count). The van der Waals surface area contributed by atoms with Gasteiger partial charge < -0.3 is 0 Å². The van der Waals surface area contributed by atoms with Gasteiger partial charge in [-0.15, -0.1) is 0 Å². The van der Waals surface area contributed by atoms with Gasteiger partial charge in [-0.2, -0.15) is 0 Å². The molecule has 14 aromatic rings. The highest BCUT2D eigenvalue weighted by molar-refractivity contribution is 6.53. The standard InChI is InChI=1S/C76H50N14/c1-3-21-49(22-4-1)73-74(50-23-5-2-6-24-50)90-76(72-46-20-44-70(88-72)68-42-18-40-66(86-68)64-38-16-36-62(84-64)60-34-14-32-58(82-60)56-30-12-28-54(80-56)52-26-8-10-48-78-52)75(89-73)71-45-19-43-69(87-71)67-41-17-39-65(85-67)63-37-15-35-61(83-63)59-33-13-31-57(81-59)55-29-11-27-53(79-55)51-25-7-9-47-77-51/h1-48,73-74H. The van der Waals surface area contributed by atoms with E-state index in [1.54, 1.807) is 12.4 Å². The molecule has 424 valence electrons. The quantitative estimate of drug-likeness (QED) is 0.101. The maximum absolute atomic E-state index is 5.65. The highest BCUT2D eigenvalue weighted by Crippen LogP contribution is 2.40. The average Bonchev–Trinajstić information content (AvgIpc) is 2.99. The molecule has 0 radical (unpaired) electrons. The van der Waals surface area contributed by atoms with Crippen LogP contribution in [0.4, 0.5) is 0 Å². The Labute approximate surface area is 518 Å². The van der Waals surface area contributed by atoms with Gasteiger partial charge in [0.2, 0.25) is 0 Å². The number of aromatic nitrogens is 12. The van der Waals surface area contributed by atoms with E-state index in [-0.39, 0.29) is 12.1 Å². The van der Waals surface area contributed by atoms with E-state index in [0.717, 1.165) is 56.7 Å². The molecule has 1 aliphatic rings. The van der Waals surface area contributed by atoms with Crippen molar-refractivity contribution in [2.45, 2.75) is 12.1 Å². The summed E-state index contributed by atoms with van der Waals surface area (Å²) in [5.41, 5.74) is 18.7. The lowest BCUT2D eigenvalue weighted by atomic mass is 9.91. The van der Waals surface area contributed by atoms with Crippen LogP contribution in [-0.4, -0.2) is 71.2 Å². The van der Waals surface area contributed by atoms with Gasteiger partial charge in [-0.3, -0.25) is 20.0 Å². The lowest BCUT2D eigenvalue weighted by Crippen LogP contribution is -2.28. The SMILES string of the molecule is c1ccc(C2N=C(c3cccc(-c4cccc(-c5cccc(-c6cccc(-c7cccc(-c8ccccn8)n7)n6)n5)n4)n3)C(c3cccc(-c4cccc(-c5cccc(-c6cccc(-c7cccc(-c8ccccn8)n7)n6)n5)n4)n3)=NC2c2ccccc2)cc1. The number of pyridine rings is 12. The average molecular weight is 1160 g/mol. The molecule has 0 saturated heterocycles. The van der Waals surface area contributed by atoms with Gasteiger partial charge in [0, 0.05) is 12.4 Å². The number of benzene rings is 2. The van der Waals surface area contributed by atoms with Gasteiger partial charge in [-0.05, 0) is 157 Å². The van der Waals surface area contributed by atoms with Crippen LogP contribution in [0.15, 0.2) is 301 Å². The first-order chi connectivity index (χ1) is 44.6.